The van der Waals surface area contributed by atoms with Gasteiger partial charge < -0.3 is 5.11 Å². The van der Waals surface area contributed by atoms with E-state index in [-0.39, 0.29) is 11.9 Å². The van der Waals surface area contributed by atoms with Crippen LogP contribution < -0.4 is 0 Å². The van der Waals surface area contributed by atoms with E-state index in [1.54, 1.807) is 6.92 Å². The van der Waals surface area contributed by atoms with Gasteiger partial charge in [0.2, 0.25) is 0 Å². The minimum Gasteiger partial charge on any atom is -0.388 e. The molecule has 1 aliphatic rings. The van der Waals surface area contributed by atoms with E-state index in [0.29, 0.717) is 6.42 Å². The van der Waals surface area contributed by atoms with Crippen LogP contribution in [0.15, 0.2) is 18.2 Å². The molecule has 1 aromatic carbocycles. The molecule has 1 aliphatic carbocycles. The van der Waals surface area contributed by atoms with Crippen molar-refractivity contribution in [1.29, 1.82) is 0 Å². The van der Waals surface area contributed by atoms with Crippen LogP contribution in [0.5, 0.6) is 0 Å². The molecule has 0 heterocycles. The van der Waals surface area contributed by atoms with Gasteiger partial charge in [0.25, 0.3) is 0 Å². The molecule has 0 saturated heterocycles. The average molecular weight is 190 g/mol. The molecule has 0 aromatic heterocycles. The number of aryl methyl sites for hydroxylation is 1. The summed E-state index contributed by atoms with van der Waals surface area (Å²) in [5.74, 6) is 0.150. The van der Waals surface area contributed by atoms with Crippen molar-refractivity contribution in [3.63, 3.8) is 0 Å². The van der Waals surface area contributed by atoms with Crippen molar-refractivity contribution in [2.24, 2.45) is 0 Å². The summed E-state index contributed by atoms with van der Waals surface area (Å²) in [5.41, 5.74) is 3.21. The maximum Gasteiger partial charge on any atom is 0.134 e. The van der Waals surface area contributed by atoms with E-state index in [1.165, 1.54) is 5.56 Å². The Labute approximate surface area is 83.6 Å². The second-order valence-electron chi connectivity index (χ2n) is 3.92. The third-order valence-electron chi connectivity index (χ3n) is 2.75. The molecular formula is C12H14O2. The van der Waals surface area contributed by atoms with Crippen molar-refractivity contribution >= 4 is 5.78 Å². The molecule has 1 N–H and O–H groups in total. The number of carbonyl (C=O) groups excluding carboxylic acids is 1. The summed E-state index contributed by atoms with van der Waals surface area (Å²) in [6.45, 7) is 1.58. The predicted molar refractivity (Wildman–Crippen MR) is 54.1 cm³/mol. The zero-order valence-electron chi connectivity index (χ0n) is 8.29. The number of hydrogen-bond acceptors (Lipinski definition) is 2. The number of hydrogen-bond donors (Lipinski definition) is 1. The lowest BCUT2D eigenvalue weighted by Crippen LogP contribution is -2.03. The molecule has 74 valence electrons. The molecule has 0 amide bonds. The van der Waals surface area contributed by atoms with Gasteiger partial charge in [0, 0.05) is 6.42 Å². The molecule has 0 radical (unpaired) electrons. The molecule has 2 heteroatoms. The van der Waals surface area contributed by atoms with Gasteiger partial charge in [-0.15, -0.1) is 0 Å². The van der Waals surface area contributed by atoms with E-state index < -0.39 is 0 Å². The monoisotopic (exact) mass is 190 g/mol. The van der Waals surface area contributed by atoms with E-state index in [2.05, 4.69) is 0 Å². The maximum atomic E-state index is 11.0. The summed E-state index contributed by atoms with van der Waals surface area (Å²) >= 11 is 0. The predicted octanol–water partition coefficient (Wildman–Crippen LogP) is 1.80. The number of fused-ring (bicyclic) bond motifs is 1. The number of aliphatic hydroxyl groups excluding tert-OH is 1. The first kappa shape index (κ1) is 9.41. The van der Waals surface area contributed by atoms with E-state index in [4.69, 9.17) is 0 Å². The first-order valence-corrected chi connectivity index (χ1v) is 4.96. The van der Waals surface area contributed by atoms with Crippen molar-refractivity contribution in [2.75, 3.05) is 0 Å². The Bertz CT molecular complexity index is 369. The minimum atomic E-state index is -0.361. The fraction of sp³-hybridized carbons (Fsp3) is 0.417. The van der Waals surface area contributed by atoms with Crippen LogP contribution in [0.4, 0.5) is 0 Å². The molecule has 1 atom stereocenters. The third-order valence-corrected chi connectivity index (χ3v) is 2.75. The fourth-order valence-electron chi connectivity index (χ4n) is 2.17. The summed E-state index contributed by atoms with van der Waals surface area (Å²) in [6, 6.07) is 5.94. The van der Waals surface area contributed by atoms with Gasteiger partial charge >= 0.3 is 0 Å². The number of Topliss-reactive ketones (excluding diaryl/α,β-unsaturated/α-hetero) is 1. The quantitative estimate of drug-likeness (QED) is 0.772. The molecule has 14 heavy (non-hydrogen) atoms. The smallest absolute Gasteiger partial charge is 0.134 e. The normalized spacial score (nSPS) is 19.4. The highest BCUT2D eigenvalue weighted by molar-refractivity contribution is 5.78. The van der Waals surface area contributed by atoms with Gasteiger partial charge in [-0.05, 0) is 36.5 Å². The lowest BCUT2D eigenvalue weighted by atomic mass is 9.98. The zero-order chi connectivity index (χ0) is 10.1. The molecule has 1 unspecified atom stereocenters. The van der Waals surface area contributed by atoms with Crippen molar-refractivity contribution in [3.05, 3.63) is 34.9 Å². The van der Waals surface area contributed by atoms with Gasteiger partial charge in [-0.1, -0.05) is 18.2 Å². The molecule has 0 aliphatic heterocycles. The van der Waals surface area contributed by atoms with Crippen LogP contribution in [0.3, 0.4) is 0 Å². The van der Waals surface area contributed by atoms with Crippen molar-refractivity contribution in [1.82, 2.24) is 0 Å². The van der Waals surface area contributed by atoms with Crippen molar-refractivity contribution in [2.45, 2.75) is 32.3 Å². The number of aliphatic hydroxyl groups is 1. The highest BCUT2D eigenvalue weighted by Crippen LogP contribution is 2.33. The van der Waals surface area contributed by atoms with Crippen molar-refractivity contribution < 1.29 is 9.90 Å². The van der Waals surface area contributed by atoms with E-state index in [1.807, 2.05) is 18.2 Å². The molecule has 2 rings (SSSR count). The zero-order valence-corrected chi connectivity index (χ0v) is 8.29. The van der Waals surface area contributed by atoms with Crippen LogP contribution in [0, 0.1) is 0 Å². The molecule has 0 spiro atoms. The molecule has 2 nitrogen and oxygen atoms in total. The van der Waals surface area contributed by atoms with Crippen LogP contribution in [-0.4, -0.2) is 10.9 Å². The third kappa shape index (κ3) is 1.58. The number of benzene rings is 1. The fourth-order valence-corrected chi connectivity index (χ4v) is 2.17. The topological polar surface area (TPSA) is 37.3 Å². The largest absolute Gasteiger partial charge is 0.388 e. The van der Waals surface area contributed by atoms with Crippen LogP contribution in [-0.2, 0) is 17.6 Å². The highest BCUT2D eigenvalue weighted by atomic mass is 16.3. The van der Waals surface area contributed by atoms with E-state index in [9.17, 15) is 9.90 Å². The number of carbonyl (C=O) groups is 1. The highest BCUT2D eigenvalue weighted by Gasteiger charge is 2.23. The Morgan fingerprint density at radius 2 is 2.36 bits per heavy atom. The Balaban J connectivity index is 2.41. The summed E-state index contributed by atoms with van der Waals surface area (Å²) in [6.07, 6.45) is 1.81. The van der Waals surface area contributed by atoms with Crippen LogP contribution >= 0.6 is 0 Å². The van der Waals surface area contributed by atoms with Gasteiger partial charge in [-0.2, -0.15) is 0 Å². The second-order valence-corrected chi connectivity index (χ2v) is 3.92. The molecular weight excluding hydrogens is 176 g/mol. The van der Waals surface area contributed by atoms with Gasteiger partial charge in [-0.3, -0.25) is 4.79 Å². The minimum absolute atomic E-state index is 0.150. The van der Waals surface area contributed by atoms with E-state index in [0.717, 1.165) is 24.0 Å². The molecule has 1 aromatic rings. The average Bonchev–Trinajstić information content (AvgIpc) is 2.48. The second kappa shape index (κ2) is 3.54. The molecule has 0 fully saturated rings. The van der Waals surface area contributed by atoms with Crippen LogP contribution in [0.25, 0.3) is 0 Å². The molecule has 0 bridgehead atoms. The Hall–Kier alpha value is -1.15. The van der Waals surface area contributed by atoms with Gasteiger partial charge in [-0.25, -0.2) is 0 Å². The summed E-state index contributed by atoms with van der Waals surface area (Å²) in [5, 5.41) is 9.76. The Morgan fingerprint density at radius 1 is 1.57 bits per heavy atom. The lowest BCUT2D eigenvalue weighted by molar-refractivity contribution is -0.116. The lowest BCUT2D eigenvalue weighted by Gasteiger charge is -2.09. The van der Waals surface area contributed by atoms with Gasteiger partial charge in [0.1, 0.15) is 5.78 Å². The summed E-state index contributed by atoms with van der Waals surface area (Å²) < 4.78 is 0. The Kier molecular flexibility index (Phi) is 2.38. The SMILES string of the molecule is CC(=O)Cc1cccc2c1C(O)CC2. The molecule has 0 saturated carbocycles. The number of ketones is 1. The first-order valence-electron chi connectivity index (χ1n) is 4.96. The Morgan fingerprint density at radius 3 is 3.07 bits per heavy atom. The van der Waals surface area contributed by atoms with Gasteiger partial charge in [0.05, 0.1) is 6.10 Å². The first-order chi connectivity index (χ1) is 6.68. The van der Waals surface area contributed by atoms with Crippen LogP contribution in [0.2, 0.25) is 0 Å². The van der Waals surface area contributed by atoms with Crippen molar-refractivity contribution in [3.8, 4) is 0 Å². The van der Waals surface area contributed by atoms with E-state index >= 15 is 0 Å². The standard InChI is InChI=1S/C12H14O2/c1-8(13)7-10-4-2-3-9-5-6-11(14)12(9)10/h2-4,11,14H,5-7H2,1H3. The summed E-state index contributed by atoms with van der Waals surface area (Å²) in [7, 11) is 0. The maximum absolute atomic E-state index is 11.0. The van der Waals surface area contributed by atoms with Gasteiger partial charge in [0.15, 0.2) is 0 Å². The summed E-state index contributed by atoms with van der Waals surface area (Å²) in [4.78, 5) is 11.0. The van der Waals surface area contributed by atoms with Crippen LogP contribution in [0.1, 0.15) is 36.1 Å². The number of rotatable bonds is 2.